The fourth-order valence-corrected chi connectivity index (χ4v) is 4.96. The van der Waals surface area contributed by atoms with Gasteiger partial charge in [-0.25, -0.2) is 0 Å². The summed E-state index contributed by atoms with van der Waals surface area (Å²) in [6, 6.07) is 14.6. The van der Waals surface area contributed by atoms with Crippen LogP contribution in [0.2, 0.25) is 0 Å². The van der Waals surface area contributed by atoms with Crippen LogP contribution in [0, 0.1) is 11.8 Å². The van der Waals surface area contributed by atoms with Crippen LogP contribution in [0.15, 0.2) is 53.6 Å². The summed E-state index contributed by atoms with van der Waals surface area (Å²) in [5, 5.41) is 2.35. The van der Waals surface area contributed by atoms with E-state index in [0.29, 0.717) is 6.42 Å². The number of allylic oxidation sites excluding steroid dienone is 2. The van der Waals surface area contributed by atoms with Crippen LogP contribution in [-0.2, 0) is 14.3 Å². The van der Waals surface area contributed by atoms with Crippen molar-refractivity contribution in [1.82, 2.24) is 0 Å². The van der Waals surface area contributed by atoms with E-state index >= 15 is 0 Å². The van der Waals surface area contributed by atoms with Crippen molar-refractivity contribution in [1.29, 1.82) is 0 Å². The van der Waals surface area contributed by atoms with Crippen molar-refractivity contribution in [2.24, 2.45) is 11.8 Å². The highest BCUT2D eigenvalue weighted by atomic mass is 16.6. The number of rotatable bonds is 1. The van der Waals surface area contributed by atoms with Gasteiger partial charge in [0.1, 0.15) is 0 Å². The minimum absolute atomic E-state index is 0.00806. The molecule has 0 radical (unpaired) electrons. The summed E-state index contributed by atoms with van der Waals surface area (Å²) >= 11 is 0. The first-order valence-corrected chi connectivity index (χ1v) is 8.68. The van der Waals surface area contributed by atoms with E-state index in [0.717, 1.165) is 19.3 Å². The molecule has 5 rings (SSSR count). The van der Waals surface area contributed by atoms with E-state index in [9.17, 15) is 9.59 Å². The monoisotopic (exact) mass is 318 g/mol. The predicted octanol–water partition coefficient (Wildman–Crippen LogP) is 4.12. The van der Waals surface area contributed by atoms with E-state index in [1.54, 1.807) is 0 Å². The highest BCUT2D eigenvalue weighted by Gasteiger charge is 2.53. The summed E-state index contributed by atoms with van der Waals surface area (Å²) in [5.74, 6) is -1.31. The SMILES string of the molecule is O=C1OC(=O)[C@@H]2CC3=C(CCC3)[C@H](c3cccc4ccccc34)[C@H]12. The largest absolute Gasteiger partial charge is 0.393 e. The van der Waals surface area contributed by atoms with Gasteiger partial charge in [0.15, 0.2) is 0 Å². The Morgan fingerprint density at radius 3 is 2.67 bits per heavy atom. The van der Waals surface area contributed by atoms with Gasteiger partial charge in [-0.2, -0.15) is 0 Å². The van der Waals surface area contributed by atoms with Crippen LogP contribution in [-0.4, -0.2) is 11.9 Å². The second-order valence-corrected chi connectivity index (χ2v) is 7.10. The maximum Gasteiger partial charge on any atom is 0.318 e. The smallest absolute Gasteiger partial charge is 0.318 e. The zero-order valence-electron chi connectivity index (χ0n) is 13.3. The number of cyclic esters (lactones) is 2. The summed E-state index contributed by atoms with van der Waals surface area (Å²) in [7, 11) is 0. The lowest BCUT2D eigenvalue weighted by Crippen LogP contribution is -2.30. The van der Waals surface area contributed by atoms with Gasteiger partial charge in [0.05, 0.1) is 11.8 Å². The molecule has 0 spiro atoms. The van der Waals surface area contributed by atoms with E-state index in [4.69, 9.17) is 4.74 Å². The Labute approximate surface area is 140 Å². The van der Waals surface area contributed by atoms with Gasteiger partial charge in [-0.05, 0) is 42.0 Å². The fraction of sp³-hybridized carbons (Fsp3) is 0.333. The van der Waals surface area contributed by atoms with Gasteiger partial charge in [-0.15, -0.1) is 0 Å². The third-order valence-electron chi connectivity index (χ3n) is 5.95. The zero-order chi connectivity index (χ0) is 16.3. The summed E-state index contributed by atoms with van der Waals surface area (Å²) in [5.41, 5.74) is 3.95. The number of benzene rings is 2. The van der Waals surface area contributed by atoms with Crippen molar-refractivity contribution in [2.75, 3.05) is 0 Å². The van der Waals surface area contributed by atoms with Crippen molar-refractivity contribution < 1.29 is 14.3 Å². The normalized spacial score (nSPS) is 28.9. The lowest BCUT2D eigenvalue weighted by atomic mass is 9.67. The van der Waals surface area contributed by atoms with Gasteiger partial charge < -0.3 is 4.74 Å². The number of carbonyl (C=O) groups is 2. The lowest BCUT2D eigenvalue weighted by Gasteiger charge is -2.33. The van der Waals surface area contributed by atoms with Crippen LogP contribution in [0.1, 0.15) is 37.2 Å². The van der Waals surface area contributed by atoms with Crippen LogP contribution in [0.5, 0.6) is 0 Å². The summed E-state index contributed by atoms with van der Waals surface area (Å²) in [6.45, 7) is 0. The fourth-order valence-electron chi connectivity index (χ4n) is 4.96. The van der Waals surface area contributed by atoms with Crippen LogP contribution in [0.25, 0.3) is 10.8 Å². The molecule has 0 saturated carbocycles. The van der Waals surface area contributed by atoms with Gasteiger partial charge in [0.2, 0.25) is 0 Å². The van der Waals surface area contributed by atoms with Gasteiger partial charge in [-0.3, -0.25) is 9.59 Å². The molecule has 1 heterocycles. The van der Waals surface area contributed by atoms with Crippen molar-refractivity contribution in [3.8, 4) is 0 Å². The number of carbonyl (C=O) groups excluding carboxylic acids is 2. The first-order valence-electron chi connectivity index (χ1n) is 8.68. The predicted molar refractivity (Wildman–Crippen MR) is 90.3 cm³/mol. The van der Waals surface area contributed by atoms with Crippen molar-refractivity contribution in [3.05, 3.63) is 59.2 Å². The molecule has 2 aromatic rings. The van der Waals surface area contributed by atoms with Crippen LogP contribution < -0.4 is 0 Å². The molecule has 0 aromatic heterocycles. The molecule has 2 aliphatic carbocycles. The standard InChI is InChI=1S/C21H18O3/c22-20-17-11-13-7-4-9-15(13)18(19(17)21(23)24-20)16-10-3-6-12-5-1-2-8-14(12)16/h1-3,5-6,8,10,17-19H,4,7,9,11H2/t17-,18-,19-/m1/s1. The number of fused-ring (bicyclic) bond motifs is 2. The Kier molecular flexibility index (Phi) is 2.93. The van der Waals surface area contributed by atoms with E-state index in [2.05, 4.69) is 30.3 Å². The van der Waals surface area contributed by atoms with Crippen LogP contribution in [0.3, 0.4) is 0 Å². The maximum absolute atomic E-state index is 12.5. The summed E-state index contributed by atoms with van der Waals surface area (Å²) in [4.78, 5) is 24.6. The molecule has 24 heavy (non-hydrogen) atoms. The molecule has 0 bridgehead atoms. The lowest BCUT2D eigenvalue weighted by molar-refractivity contribution is -0.153. The van der Waals surface area contributed by atoms with E-state index in [1.807, 2.05) is 12.1 Å². The number of hydrogen-bond acceptors (Lipinski definition) is 3. The second-order valence-electron chi connectivity index (χ2n) is 7.10. The van der Waals surface area contributed by atoms with Gasteiger partial charge in [0, 0.05) is 5.92 Å². The molecule has 120 valence electrons. The molecule has 2 aromatic carbocycles. The Balaban J connectivity index is 1.75. The molecule has 3 nitrogen and oxygen atoms in total. The third kappa shape index (κ3) is 1.84. The molecule has 3 heteroatoms. The van der Waals surface area contributed by atoms with Gasteiger partial charge >= 0.3 is 11.9 Å². The first-order chi connectivity index (χ1) is 11.7. The molecule has 1 fully saturated rings. The third-order valence-corrected chi connectivity index (χ3v) is 5.95. The molecular formula is C21H18O3. The Morgan fingerprint density at radius 1 is 0.917 bits per heavy atom. The van der Waals surface area contributed by atoms with Crippen molar-refractivity contribution in [3.63, 3.8) is 0 Å². The average molecular weight is 318 g/mol. The summed E-state index contributed by atoms with van der Waals surface area (Å²) in [6.07, 6.45) is 3.94. The number of hydrogen-bond donors (Lipinski definition) is 0. The second kappa shape index (κ2) is 5.04. The van der Waals surface area contributed by atoms with Gasteiger partial charge in [0.25, 0.3) is 0 Å². The molecule has 0 N–H and O–H groups in total. The molecule has 1 saturated heterocycles. The topological polar surface area (TPSA) is 43.4 Å². The average Bonchev–Trinajstić information content (AvgIpc) is 3.18. The highest BCUT2D eigenvalue weighted by molar-refractivity contribution is 5.99. The maximum atomic E-state index is 12.5. The minimum atomic E-state index is -0.347. The van der Waals surface area contributed by atoms with Crippen LogP contribution in [0.4, 0.5) is 0 Å². The molecule has 1 aliphatic heterocycles. The Bertz CT molecular complexity index is 903. The molecular weight excluding hydrogens is 300 g/mol. The van der Waals surface area contributed by atoms with Crippen molar-refractivity contribution in [2.45, 2.75) is 31.6 Å². The molecule has 3 atom stereocenters. The quantitative estimate of drug-likeness (QED) is 0.451. The van der Waals surface area contributed by atoms with E-state index in [-0.39, 0.29) is 29.7 Å². The van der Waals surface area contributed by atoms with Crippen LogP contribution >= 0.6 is 0 Å². The minimum Gasteiger partial charge on any atom is -0.393 e. The molecule has 0 unspecified atom stereocenters. The molecule has 0 amide bonds. The number of ether oxygens (including phenoxy) is 1. The van der Waals surface area contributed by atoms with Crippen molar-refractivity contribution >= 4 is 22.7 Å². The van der Waals surface area contributed by atoms with Gasteiger partial charge in [-0.1, -0.05) is 53.6 Å². The Morgan fingerprint density at radius 2 is 1.75 bits per heavy atom. The zero-order valence-corrected chi connectivity index (χ0v) is 13.3. The van der Waals surface area contributed by atoms with E-state index < -0.39 is 0 Å². The van der Waals surface area contributed by atoms with E-state index in [1.165, 1.54) is 27.5 Å². The Hall–Kier alpha value is -2.42. The number of esters is 2. The first kappa shape index (κ1) is 14.0. The molecule has 3 aliphatic rings. The highest BCUT2D eigenvalue weighted by Crippen LogP contribution is 2.54. The summed E-state index contributed by atoms with van der Waals surface area (Å²) < 4.78 is 5.03.